The fourth-order valence-corrected chi connectivity index (χ4v) is 1.85. The molecule has 0 heterocycles. The molecule has 0 aliphatic carbocycles. The van der Waals surface area contributed by atoms with Gasteiger partial charge in [-0.3, -0.25) is 0 Å². The average Bonchev–Trinajstić information content (AvgIpc) is 2.49. The van der Waals surface area contributed by atoms with Crippen molar-refractivity contribution in [1.29, 1.82) is 0 Å². The van der Waals surface area contributed by atoms with Gasteiger partial charge in [-0.1, -0.05) is 24.2 Å². The molecule has 0 saturated heterocycles. The van der Waals surface area contributed by atoms with Crippen LogP contribution in [0.25, 0.3) is 0 Å². The number of hydrogen-bond acceptors (Lipinski definition) is 3. The molecule has 0 atom stereocenters. The summed E-state index contributed by atoms with van der Waals surface area (Å²) in [6, 6.07) is 5.01. The Balaban J connectivity index is 2.78. The number of alkyl halides is 3. The van der Waals surface area contributed by atoms with E-state index in [9.17, 15) is 13.2 Å². The zero-order valence-corrected chi connectivity index (χ0v) is 12.9. The summed E-state index contributed by atoms with van der Waals surface area (Å²) in [5.74, 6) is 0. The van der Waals surface area contributed by atoms with Crippen molar-refractivity contribution in [2.45, 2.75) is 38.8 Å². The Morgan fingerprint density at radius 2 is 1.77 bits per heavy atom. The zero-order chi connectivity index (χ0) is 16.4. The molecule has 0 fully saturated rings. The molecule has 3 nitrogen and oxygen atoms in total. The van der Waals surface area contributed by atoms with E-state index < -0.39 is 11.7 Å². The normalized spacial score (nSPS) is 12.5. The van der Waals surface area contributed by atoms with E-state index in [1.54, 1.807) is 7.11 Å². The van der Waals surface area contributed by atoms with E-state index in [-0.39, 0.29) is 0 Å². The van der Waals surface area contributed by atoms with Gasteiger partial charge in [-0.2, -0.15) is 13.2 Å². The Morgan fingerprint density at radius 1 is 1.09 bits per heavy atom. The number of methoxy groups -OCH3 is 1. The van der Waals surface area contributed by atoms with Gasteiger partial charge < -0.3 is 9.57 Å². The van der Waals surface area contributed by atoms with Crippen molar-refractivity contribution in [3.63, 3.8) is 0 Å². The molecular weight excluding hydrogens is 295 g/mol. The smallest absolute Gasteiger partial charge is 0.396 e. The van der Waals surface area contributed by atoms with Crippen LogP contribution in [0.3, 0.4) is 0 Å². The molecular formula is C16H22F3NO2. The summed E-state index contributed by atoms with van der Waals surface area (Å²) < 4.78 is 42.7. The molecule has 0 aromatic heterocycles. The van der Waals surface area contributed by atoms with Crippen LogP contribution in [-0.4, -0.2) is 26.0 Å². The van der Waals surface area contributed by atoms with E-state index in [2.05, 4.69) is 5.16 Å². The summed E-state index contributed by atoms with van der Waals surface area (Å²) in [5.41, 5.74) is 0.657. The molecule has 124 valence electrons. The highest BCUT2D eigenvalue weighted by Gasteiger charge is 2.30. The molecule has 0 amide bonds. The van der Waals surface area contributed by atoms with Crippen molar-refractivity contribution >= 4 is 5.71 Å². The molecule has 1 rings (SSSR count). The first-order chi connectivity index (χ1) is 10.5. The molecule has 0 aliphatic heterocycles. The van der Waals surface area contributed by atoms with Crippen LogP contribution >= 0.6 is 0 Å². The van der Waals surface area contributed by atoms with Gasteiger partial charge in [0.25, 0.3) is 0 Å². The lowest BCUT2D eigenvalue weighted by Crippen LogP contribution is -2.07. The minimum atomic E-state index is -4.33. The number of benzene rings is 1. The van der Waals surface area contributed by atoms with Crippen LogP contribution < -0.4 is 0 Å². The van der Waals surface area contributed by atoms with Crippen LogP contribution in [0.1, 0.15) is 43.7 Å². The fourth-order valence-electron chi connectivity index (χ4n) is 1.85. The van der Waals surface area contributed by atoms with Crippen LogP contribution in [0.2, 0.25) is 0 Å². The van der Waals surface area contributed by atoms with E-state index in [1.165, 1.54) is 12.1 Å². The quantitative estimate of drug-likeness (QED) is 0.377. The van der Waals surface area contributed by atoms with Gasteiger partial charge in [0.15, 0.2) is 0 Å². The maximum atomic E-state index is 12.6. The van der Waals surface area contributed by atoms with Crippen molar-refractivity contribution in [3.05, 3.63) is 35.4 Å². The molecule has 0 saturated carbocycles. The Labute approximate surface area is 129 Å². The summed E-state index contributed by atoms with van der Waals surface area (Å²) in [6.07, 6.45) is -1.16. The van der Waals surface area contributed by atoms with Gasteiger partial charge >= 0.3 is 6.18 Å². The van der Waals surface area contributed by atoms with Crippen molar-refractivity contribution < 1.29 is 22.7 Å². The van der Waals surface area contributed by atoms with Crippen LogP contribution in [0, 0.1) is 0 Å². The van der Waals surface area contributed by atoms with Crippen molar-refractivity contribution in [1.82, 2.24) is 0 Å². The number of oxime groups is 1. The van der Waals surface area contributed by atoms with E-state index >= 15 is 0 Å². The molecule has 6 heteroatoms. The van der Waals surface area contributed by atoms with E-state index in [1.807, 2.05) is 6.92 Å². The lowest BCUT2D eigenvalue weighted by Gasteiger charge is -2.10. The van der Waals surface area contributed by atoms with Crippen molar-refractivity contribution in [2.75, 3.05) is 20.3 Å². The lowest BCUT2D eigenvalue weighted by molar-refractivity contribution is -0.137. The van der Waals surface area contributed by atoms with Crippen LogP contribution in [0.15, 0.2) is 29.4 Å². The minimum absolute atomic E-state index is 0.488. The first-order valence-corrected chi connectivity index (χ1v) is 7.34. The Bertz CT molecular complexity index is 455. The van der Waals surface area contributed by atoms with E-state index in [4.69, 9.17) is 9.57 Å². The summed E-state index contributed by atoms with van der Waals surface area (Å²) in [7, 11) is 1.63. The maximum Gasteiger partial charge on any atom is 0.416 e. The topological polar surface area (TPSA) is 30.8 Å². The number of nitrogens with zero attached hydrogens (tertiary/aromatic N) is 1. The molecule has 1 aromatic carbocycles. The van der Waals surface area contributed by atoms with E-state index in [0.717, 1.165) is 31.4 Å². The molecule has 22 heavy (non-hydrogen) atoms. The molecule has 0 bridgehead atoms. The second-order valence-corrected chi connectivity index (χ2v) is 4.90. The highest BCUT2D eigenvalue weighted by molar-refractivity contribution is 6.00. The van der Waals surface area contributed by atoms with Crippen molar-refractivity contribution in [3.8, 4) is 0 Å². The lowest BCUT2D eigenvalue weighted by atomic mass is 10.0. The first kappa shape index (κ1) is 18.5. The molecule has 1 aromatic rings. The summed E-state index contributed by atoms with van der Waals surface area (Å²) >= 11 is 0. The summed E-state index contributed by atoms with van der Waals surface area (Å²) in [6.45, 7) is 3.10. The number of halogens is 3. The van der Waals surface area contributed by atoms with Gasteiger partial charge in [0.1, 0.15) is 6.61 Å². The SMILES string of the molecule is CCCO/N=C(\CCCCOC)c1ccc(C(F)(F)F)cc1. The highest BCUT2D eigenvalue weighted by Crippen LogP contribution is 2.29. The maximum absolute atomic E-state index is 12.6. The molecule has 0 aliphatic rings. The van der Waals surface area contributed by atoms with Gasteiger partial charge in [-0.05, 0) is 43.4 Å². The summed E-state index contributed by atoms with van der Waals surface area (Å²) in [4.78, 5) is 5.19. The monoisotopic (exact) mass is 317 g/mol. The first-order valence-electron chi connectivity index (χ1n) is 7.34. The third kappa shape index (κ3) is 6.47. The number of rotatable bonds is 9. The minimum Gasteiger partial charge on any atom is -0.396 e. The standard InChI is InChI=1S/C16H22F3NO2/c1-3-11-22-20-15(6-4-5-12-21-2)13-7-9-14(10-8-13)16(17,18)19/h7-10H,3-6,11-12H2,1-2H3/b20-15+. The molecule has 0 radical (unpaired) electrons. The highest BCUT2D eigenvalue weighted by atomic mass is 19.4. The Kier molecular flexibility index (Phi) is 7.95. The van der Waals surface area contributed by atoms with Gasteiger partial charge in [-0.25, -0.2) is 0 Å². The average molecular weight is 317 g/mol. The zero-order valence-electron chi connectivity index (χ0n) is 12.9. The second-order valence-electron chi connectivity index (χ2n) is 4.90. The predicted molar refractivity (Wildman–Crippen MR) is 80.0 cm³/mol. The molecule has 0 unspecified atom stereocenters. The van der Waals surface area contributed by atoms with E-state index in [0.29, 0.717) is 30.9 Å². The van der Waals surface area contributed by atoms with Crippen molar-refractivity contribution in [2.24, 2.45) is 5.16 Å². The molecule has 0 spiro atoms. The van der Waals surface area contributed by atoms with Crippen LogP contribution in [0.4, 0.5) is 13.2 Å². The van der Waals surface area contributed by atoms with Gasteiger partial charge in [0.05, 0.1) is 11.3 Å². The van der Waals surface area contributed by atoms with Crippen LogP contribution in [-0.2, 0) is 15.8 Å². The number of unbranched alkanes of at least 4 members (excludes halogenated alkanes) is 1. The largest absolute Gasteiger partial charge is 0.416 e. The van der Waals surface area contributed by atoms with Gasteiger partial charge in [0.2, 0.25) is 0 Å². The second kappa shape index (κ2) is 9.46. The molecule has 0 N–H and O–H groups in total. The Morgan fingerprint density at radius 3 is 2.32 bits per heavy atom. The van der Waals surface area contributed by atoms with Gasteiger partial charge in [0, 0.05) is 13.7 Å². The summed E-state index contributed by atoms with van der Waals surface area (Å²) in [5, 5.41) is 4.07. The number of hydrogen-bond donors (Lipinski definition) is 0. The predicted octanol–water partition coefficient (Wildman–Crippen LogP) is 4.65. The van der Waals surface area contributed by atoms with Gasteiger partial charge in [-0.15, -0.1) is 0 Å². The third-order valence-electron chi connectivity index (χ3n) is 3.03. The Hall–Kier alpha value is -1.56. The number of ether oxygens (including phenoxy) is 1. The third-order valence-corrected chi connectivity index (χ3v) is 3.03. The fraction of sp³-hybridized carbons (Fsp3) is 0.562. The van der Waals surface area contributed by atoms with Crippen LogP contribution in [0.5, 0.6) is 0 Å².